The predicted molar refractivity (Wildman–Crippen MR) is 151 cm³/mol. The highest BCUT2D eigenvalue weighted by molar-refractivity contribution is 5.88. The third-order valence-electron chi connectivity index (χ3n) is 7.85. The second-order valence-electron chi connectivity index (χ2n) is 10.2. The van der Waals surface area contributed by atoms with Gasteiger partial charge in [-0.25, -0.2) is 0 Å². The molecular formula is C31H36N4O4. The molecule has 2 aliphatic rings. The minimum Gasteiger partial charge on any atom is -0.490 e. The first kappa shape index (κ1) is 25.5. The van der Waals surface area contributed by atoms with E-state index >= 15 is 0 Å². The van der Waals surface area contributed by atoms with E-state index in [2.05, 4.69) is 45.8 Å². The first-order valence-corrected chi connectivity index (χ1v) is 14.0. The van der Waals surface area contributed by atoms with Crippen molar-refractivity contribution in [2.24, 2.45) is 0 Å². The number of ether oxygens (including phenoxy) is 3. The molecule has 2 aliphatic heterocycles. The number of nitrogens with zero attached hydrogens (tertiary/aromatic N) is 4. The topological polar surface area (TPSA) is 70.8 Å². The highest BCUT2D eigenvalue weighted by atomic mass is 16.5. The number of hydrogen-bond donors (Lipinski definition) is 0. The Morgan fingerprint density at radius 3 is 2.67 bits per heavy atom. The van der Waals surface area contributed by atoms with Gasteiger partial charge in [-0.3, -0.25) is 14.0 Å². The SMILES string of the molecule is CCOc1cccc(-c2ccc3ccn(-c4nn(C5CCOCC5)c5c4CN(C(C)=O)CC5)c3c2)c1OCC. The first-order valence-electron chi connectivity index (χ1n) is 14.0. The van der Waals surface area contributed by atoms with Gasteiger partial charge in [0.2, 0.25) is 5.91 Å². The van der Waals surface area contributed by atoms with Gasteiger partial charge in [0.15, 0.2) is 17.3 Å². The van der Waals surface area contributed by atoms with Gasteiger partial charge in [-0.1, -0.05) is 24.3 Å². The molecule has 2 aromatic carbocycles. The van der Waals surface area contributed by atoms with Gasteiger partial charge in [-0.2, -0.15) is 5.10 Å². The van der Waals surface area contributed by atoms with Gasteiger partial charge in [0, 0.05) is 61.5 Å². The summed E-state index contributed by atoms with van der Waals surface area (Å²) >= 11 is 0. The first-order chi connectivity index (χ1) is 19.1. The fourth-order valence-electron chi connectivity index (χ4n) is 5.91. The Morgan fingerprint density at radius 2 is 1.90 bits per heavy atom. The van der Waals surface area contributed by atoms with E-state index < -0.39 is 0 Å². The van der Waals surface area contributed by atoms with E-state index in [0.29, 0.717) is 25.8 Å². The monoisotopic (exact) mass is 528 g/mol. The van der Waals surface area contributed by atoms with E-state index in [4.69, 9.17) is 19.3 Å². The quantitative estimate of drug-likeness (QED) is 0.315. The van der Waals surface area contributed by atoms with E-state index in [-0.39, 0.29) is 5.91 Å². The number of amides is 1. The van der Waals surface area contributed by atoms with Crippen molar-refractivity contribution in [2.75, 3.05) is 33.0 Å². The molecule has 1 amide bonds. The summed E-state index contributed by atoms with van der Waals surface area (Å²) in [4.78, 5) is 14.3. The third-order valence-corrected chi connectivity index (χ3v) is 7.85. The van der Waals surface area contributed by atoms with Crippen LogP contribution in [0.5, 0.6) is 11.5 Å². The number of fused-ring (bicyclic) bond motifs is 2. The largest absolute Gasteiger partial charge is 0.490 e. The maximum Gasteiger partial charge on any atom is 0.219 e. The fraction of sp³-hybridized carbons (Fsp3) is 0.419. The van der Waals surface area contributed by atoms with Crippen LogP contribution in [0.3, 0.4) is 0 Å². The zero-order valence-electron chi connectivity index (χ0n) is 23.0. The molecule has 8 nitrogen and oxygen atoms in total. The number of carbonyl (C=O) groups is 1. The van der Waals surface area contributed by atoms with Crippen LogP contribution in [0.15, 0.2) is 48.7 Å². The number of para-hydroxylation sites is 1. The number of aromatic nitrogens is 3. The molecule has 39 heavy (non-hydrogen) atoms. The molecule has 0 aliphatic carbocycles. The second kappa shape index (κ2) is 10.8. The van der Waals surface area contributed by atoms with Crippen molar-refractivity contribution in [3.63, 3.8) is 0 Å². The maximum atomic E-state index is 12.3. The highest BCUT2D eigenvalue weighted by Gasteiger charge is 2.30. The Hall–Kier alpha value is -3.78. The van der Waals surface area contributed by atoms with Crippen molar-refractivity contribution in [2.45, 2.75) is 52.6 Å². The van der Waals surface area contributed by atoms with E-state index in [9.17, 15) is 4.79 Å². The van der Waals surface area contributed by atoms with Crippen LogP contribution in [-0.4, -0.2) is 58.1 Å². The molecular weight excluding hydrogens is 492 g/mol. The van der Waals surface area contributed by atoms with Crippen LogP contribution in [0.1, 0.15) is 50.9 Å². The minimum absolute atomic E-state index is 0.0997. The molecule has 8 heteroatoms. The number of carbonyl (C=O) groups excluding carboxylic acids is 1. The third kappa shape index (κ3) is 4.67. The average molecular weight is 529 g/mol. The van der Waals surface area contributed by atoms with Gasteiger partial charge in [-0.05, 0) is 50.5 Å². The lowest BCUT2D eigenvalue weighted by Crippen LogP contribution is -2.35. The average Bonchev–Trinajstić information content (AvgIpc) is 3.55. The highest BCUT2D eigenvalue weighted by Crippen LogP contribution is 2.40. The van der Waals surface area contributed by atoms with Gasteiger partial charge >= 0.3 is 0 Å². The maximum absolute atomic E-state index is 12.3. The second-order valence-corrected chi connectivity index (χ2v) is 10.2. The Labute approximate surface area is 229 Å². The van der Waals surface area contributed by atoms with Crippen molar-refractivity contribution < 1.29 is 19.0 Å². The van der Waals surface area contributed by atoms with Crippen LogP contribution in [-0.2, 0) is 22.5 Å². The summed E-state index contributed by atoms with van der Waals surface area (Å²) in [6.45, 7) is 9.56. The normalized spacial score (nSPS) is 15.9. The Bertz CT molecular complexity index is 1500. The smallest absolute Gasteiger partial charge is 0.219 e. The Kier molecular flexibility index (Phi) is 7.04. The lowest BCUT2D eigenvalue weighted by Gasteiger charge is -2.29. The lowest BCUT2D eigenvalue weighted by atomic mass is 10.0. The van der Waals surface area contributed by atoms with Crippen molar-refractivity contribution in [3.05, 3.63) is 59.9 Å². The number of rotatable bonds is 7. The van der Waals surface area contributed by atoms with Crippen LogP contribution in [0.2, 0.25) is 0 Å². The van der Waals surface area contributed by atoms with Crippen molar-refractivity contribution in [1.82, 2.24) is 19.2 Å². The van der Waals surface area contributed by atoms with Crippen molar-refractivity contribution in [1.29, 1.82) is 0 Å². The van der Waals surface area contributed by atoms with E-state index in [1.54, 1.807) is 6.92 Å². The molecule has 0 spiro atoms. The van der Waals surface area contributed by atoms with Crippen LogP contribution in [0, 0.1) is 0 Å². The zero-order chi connectivity index (χ0) is 26.9. The Morgan fingerprint density at radius 1 is 1.08 bits per heavy atom. The van der Waals surface area contributed by atoms with E-state index in [0.717, 1.165) is 83.9 Å². The summed E-state index contributed by atoms with van der Waals surface area (Å²) in [5.74, 6) is 2.52. The summed E-state index contributed by atoms with van der Waals surface area (Å²) in [6.07, 6.45) is 4.82. The van der Waals surface area contributed by atoms with E-state index in [1.165, 1.54) is 5.69 Å². The predicted octanol–water partition coefficient (Wildman–Crippen LogP) is 5.55. The molecule has 0 saturated carbocycles. The lowest BCUT2D eigenvalue weighted by molar-refractivity contribution is -0.129. The molecule has 4 aromatic rings. The van der Waals surface area contributed by atoms with E-state index in [1.807, 2.05) is 30.9 Å². The molecule has 1 saturated heterocycles. The summed E-state index contributed by atoms with van der Waals surface area (Å²) in [5.41, 5.74) is 5.50. The molecule has 2 aromatic heterocycles. The van der Waals surface area contributed by atoms with Gasteiger partial charge < -0.3 is 19.1 Å². The van der Waals surface area contributed by atoms with Gasteiger partial charge in [0.25, 0.3) is 0 Å². The van der Waals surface area contributed by atoms with Gasteiger partial charge in [0.05, 0.1) is 31.3 Å². The molecule has 0 atom stereocenters. The standard InChI is InChI=1S/C31H36N4O4/c1-4-38-29-8-6-7-25(30(29)39-5-2)23-10-9-22-11-16-34(28(22)19-23)31-26-20-33(21(3)36)15-12-27(26)35(32-31)24-13-17-37-18-14-24/h6-11,16,19,24H,4-5,12-15,17-18,20H2,1-3H3. The molecule has 0 bridgehead atoms. The molecule has 4 heterocycles. The fourth-order valence-corrected chi connectivity index (χ4v) is 5.91. The number of benzene rings is 2. The Balaban J connectivity index is 1.48. The summed E-state index contributed by atoms with van der Waals surface area (Å²) in [6, 6.07) is 15.0. The minimum atomic E-state index is 0.0997. The zero-order valence-corrected chi connectivity index (χ0v) is 23.0. The van der Waals surface area contributed by atoms with Crippen LogP contribution < -0.4 is 9.47 Å². The number of hydrogen-bond acceptors (Lipinski definition) is 5. The molecule has 6 rings (SSSR count). The van der Waals surface area contributed by atoms with Gasteiger partial charge in [0.1, 0.15) is 0 Å². The molecule has 204 valence electrons. The molecule has 0 radical (unpaired) electrons. The molecule has 0 N–H and O–H groups in total. The summed E-state index contributed by atoms with van der Waals surface area (Å²) in [7, 11) is 0. The van der Waals surface area contributed by atoms with Crippen LogP contribution in [0.4, 0.5) is 0 Å². The van der Waals surface area contributed by atoms with Crippen LogP contribution >= 0.6 is 0 Å². The molecule has 1 fully saturated rings. The summed E-state index contributed by atoms with van der Waals surface area (Å²) < 4.78 is 22.0. The van der Waals surface area contributed by atoms with Crippen LogP contribution in [0.25, 0.3) is 27.8 Å². The van der Waals surface area contributed by atoms with Crippen molar-refractivity contribution in [3.8, 4) is 28.4 Å². The van der Waals surface area contributed by atoms with Gasteiger partial charge in [-0.15, -0.1) is 0 Å². The molecule has 0 unspecified atom stereocenters. The summed E-state index contributed by atoms with van der Waals surface area (Å²) in [5, 5.41) is 6.36. The van der Waals surface area contributed by atoms with Crippen molar-refractivity contribution >= 4 is 16.8 Å².